The van der Waals surface area contributed by atoms with E-state index in [2.05, 4.69) is 48.5 Å². The predicted molar refractivity (Wildman–Crippen MR) is 87.7 cm³/mol. The number of carbonyl (C=O) groups is 1. The largest absolute Gasteiger partial charge is 0.343 e. The molecule has 0 aliphatic carbocycles. The summed E-state index contributed by atoms with van der Waals surface area (Å²) in [6.07, 6.45) is 1.75. The van der Waals surface area contributed by atoms with Gasteiger partial charge in [0.2, 0.25) is 5.91 Å². The molecule has 0 fully saturated rings. The van der Waals surface area contributed by atoms with Crippen LogP contribution in [0, 0.1) is 10.8 Å². The van der Waals surface area contributed by atoms with E-state index in [0.29, 0.717) is 23.2 Å². The van der Waals surface area contributed by atoms with Crippen LogP contribution in [-0.4, -0.2) is 35.4 Å². The summed E-state index contributed by atoms with van der Waals surface area (Å²) in [5.41, 5.74) is 0.652. The van der Waals surface area contributed by atoms with Gasteiger partial charge >= 0.3 is 0 Å². The zero-order valence-corrected chi connectivity index (χ0v) is 14.8. The highest BCUT2D eigenvalue weighted by Crippen LogP contribution is 2.21. The monoisotopic (exact) mass is 287 g/mol. The Morgan fingerprint density at radius 3 is 2.05 bits per heavy atom. The van der Waals surface area contributed by atoms with Crippen molar-refractivity contribution in [3.05, 3.63) is 0 Å². The summed E-state index contributed by atoms with van der Waals surface area (Å²) in [5.74, 6) is 2.38. The second-order valence-electron chi connectivity index (χ2n) is 7.65. The lowest BCUT2D eigenvalue weighted by atomic mass is 9.92. The van der Waals surface area contributed by atoms with Crippen LogP contribution in [0.5, 0.6) is 0 Å². The second-order valence-corrected chi connectivity index (χ2v) is 8.75. The van der Waals surface area contributed by atoms with Gasteiger partial charge in [-0.1, -0.05) is 41.5 Å². The number of nitrogens with zero attached hydrogens (tertiary/aromatic N) is 1. The normalized spacial score (nSPS) is 12.6. The highest BCUT2D eigenvalue weighted by atomic mass is 32.2. The summed E-state index contributed by atoms with van der Waals surface area (Å²) in [6, 6.07) is 0. The molecule has 19 heavy (non-hydrogen) atoms. The summed E-state index contributed by atoms with van der Waals surface area (Å²) in [6.45, 7) is 17.2. The minimum atomic E-state index is 0.300. The van der Waals surface area contributed by atoms with Crippen LogP contribution in [0.15, 0.2) is 0 Å². The number of rotatable bonds is 7. The van der Waals surface area contributed by atoms with Gasteiger partial charge in [-0.25, -0.2) is 0 Å². The third-order valence-corrected chi connectivity index (χ3v) is 4.42. The number of carbonyl (C=O) groups excluding carboxylic acids is 1. The quantitative estimate of drug-likeness (QED) is 0.645. The third kappa shape index (κ3) is 11.4. The molecule has 0 aromatic carbocycles. The molecule has 0 bridgehead atoms. The van der Waals surface area contributed by atoms with Crippen molar-refractivity contribution in [2.75, 3.05) is 24.6 Å². The Kier molecular flexibility index (Phi) is 8.11. The Morgan fingerprint density at radius 2 is 1.63 bits per heavy atom. The zero-order chi connectivity index (χ0) is 15.1. The van der Waals surface area contributed by atoms with E-state index >= 15 is 0 Å². The number of hydrogen-bond donors (Lipinski definition) is 0. The molecule has 0 radical (unpaired) electrons. The SMILES string of the molecule is CCN(CCC(C)(C)C)C(=O)CCSCC(C)(C)C. The van der Waals surface area contributed by atoms with Gasteiger partial charge in [0.15, 0.2) is 0 Å². The molecule has 0 aliphatic rings. The third-order valence-electron chi connectivity index (χ3n) is 2.86. The lowest BCUT2D eigenvalue weighted by molar-refractivity contribution is -0.130. The van der Waals surface area contributed by atoms with E-state index in [9.17, 15) is 4.79 Å². The molecule has 0 unspecified atom stereocenters. The van der Waals surface area contributed by atoms with Crippen LogP contribution in [-0.2, 0) is 4.79 Å². The van der Waals surface area contributed by atoms with E-state index in [0.717, 1.165) is 31.0 Å². The molecule has 0 rings (SSSR count). The first-order valence-electron chi connectivity index (χ1n) is 7.41. The first-order chi connectivity index (χ1) is 8.55. The Hall–Kier alpha value is -0.180. The summed E-state index contributed by atoms with van der Waals surface area (Å²) in [5, 5.41) is 0. The maximum atomic E-state index is 12.1. The van der Waals surface area contributed by atoms with E-state index in [-0.39, 0.29) is 0 Å². The second kappa shape index (κ2) is 8.18. The fraction of sp³-hybridized carbons (Fsp3) is 0.938. The van der Waals surface area contributed by atoms with Crippen molar-refractivity contribution in [3.8, 4) is 0 Å². The molecule has 0 spiro atoms. The van der Waals surface area contributed by atoms with Gasteiger partial charge in [-0.05, 0) is 29.9 Å². The van der Waals surface area contributed by atoms with Crippen LogP contribution in [0.25, 0.3) is 0 Å². The first-order valence-corrected chi connectivity index (χ1v) is 8.56. The van der Waals surface area contributed by atoms with Crippen molar-refractivity contribution in [3.63, 3.8) is 0 Å². The summed E-state index contributed by atoms with van der Waals surface area (Å²) >= 11 is 1.89. The molecule has 0 atom stereocenters. The number of amides is 1. The van der Waals surface area contributed by atoms with E-state index in [1.54, 1.807) is 0 Å². The van der Waals surface area contributed by atoms with Crippen LogP contribution >= 0.6 is 11.8 Å². The Morgan fingerprint density at radius 1 is 1.05 bits per heavy atom. The van der Waals surface area contributed by atoms with Gasteiger partial charge in [0.05, 0.1) is 0 Å². The smallest absolute Gasteiger partial charge is 0.223 e. The van der Waals surface area contributed by atoms with E-state index in [4.69, 9.17) is 0 Å². The summed E-state index contributed by atoms with van der Waals surface area (Å²) < 4.78 is 0. The van der Waals surface area contributed by atoms with Gasteiger partial charge < -0.3 is 4.90 Å². The summed E-state index contributed by atoms with van der Waals surface area (Å²) in [7, 11) is 0. The van der Waals surface area contributed by atoms with E-state index < -0.39 is 0 Å². The molecule has 0 aromatic heterocycles. The molecule has 0 saturated carbocycles. The molecular weight excluding hydrogens is 254 g/mol. The predicted octanol–water partition coefficient (Wildman–Crippen LogP) is 4.44. The van der Waals surface area contributed by atoms with Crippen molar-refractivity contribution in [2.24, 2.45) is 10.8 Å². The van der Waals surface area contributed by atoms with Crippen LogP contribution in [0.3, 0.4) is 0 Å². The Labute approximate surface area is 124 Å². The molecule has 2 nitrogen and oxygen atoms in total. The average molecular weight is 288 g/mol. The zero-order valence-electron chi connectivity index (χ0n) is 14.0. The van der Waals surface area contributed by atoms with Crippen LogP contribution in [0.1, 0.15) is 61.3 Å². The molecule has 0 saturated heterocycles. The van der Waals surface area contributed by atoms with Crippen LogP contribution in [0.4, 0.5) is 0 Å². The van der Waals surface area contributed by atoms with E-state index in [1.165, 1.54) is 0 Å². The molecule has 114 valence electrons. The van der Waals surface area contributed by atoms with Crippen molar-refractivity contribution in [2.45, 2.75) is 61.3 Å². The topological polar surface area (TPSA) is 20.3 Å². The van der Waals surface area contributed by atoms with Gasteiger partial charge in [0.25, 0.3) is 0 Å². The minimum Gasteiger partial charge on any atom is -0.343 e. The Bertz CT molecular complexity index is 263. The standard InChI is InChI=1S/C16H33NOS/c1-8-17(11-10-15(2,3)4)14(18)9-12-19-13-16(5,6)7/h8-13H2,1-7H3. The van der Waals surface area contributed by atoms with Crippen molar-refractivity contribution in [1.82, 2.24) is 4.90 Å². The fourth-order valence-electron chi connectivity index (χ4n) is 1.63. The highest BCUT2D eigenvalue weighted by molar-refractivity contribution is 7.99. The van der Waals surface area contributed by atoms with Crippen molar-refractivity contribution in [1.29, 1.82) is 0 Å². The number of thioether (sulfide) groups is 1. The molecule has 0 aromatic rings. The first kappa shape index (κ1) is 18.8. The average Bonchev–Trinajstić information content (AvgIpc) is 2.22. The minimum absolute atomic E-state index is 0.300. The van der Waals surface area contributed by atoms with Crippen molar-refractivity contribution >= 4 is 17.7 Å². The van der Waals surface area contributed by atoms with Gasteiger partial charge in [0.1, 0.15) is 0 Å². The van der Waals surface area contributed by atoms with Gasteiger partial charge in [-0.15, -0.1) is 0 Å². The lowest BCUT2D eigenvalue weighted by Crippen LogP contribution is -2.33. The fourth-order valence-corrected chi connectivity index (χ4v) is 2.70. The van der Waals surface area contributed by atoms with Crippen LogP contribution < -0.4 is 0 Å². The maximum absolute atomic E-state index is 12.1. The molecule has 0 N–H and O–H groups in total. The van der Waals surface area contributed by atoms with Crippen molar-refractivity contribution < 1.29 is 4.79 Å². The maximum Gasteiger partial charge on any atom is 0.223 e. The van der Waals surface area contributed by atoms with Crippen LogP contribution in [0.2, 0.25) is 0 Å². The van der Waals surface area contributed by atoms with Gasteiger partial charge in [-0.3, -0.25) is 4.79 Å². The lowest BCUT2D eigenvalue weighted by Gasteiger charge is -2.26. The highest BCUT2D eigenvalue weighted by Gasteiger charge is 2.16. The molecular formula is C16H33NOS. The molecule has 0 heterocycles. The number of hydrogen-bond acceptors (Lipinski definition) is 2. The summed E-state index contributed by atoms with van der Waals surface area (Å²) in [4.78, 5) is 14.1. The van der Waals surface area contributed by atoms with Gasteiger partial charge in [0, 0.05) is 25.3 Å². The van der Waals surface area contributed by atoms with E-state index in [1.807, 2.05) is 16.7 Å². The Balaban J connectivity index is 3.95. The molecule has 1 amide bonds. The molecule has 0 aliphatic heterocycles. The van der Waals surface area contributed by atoms with Gasteiger partial charge in [-0.2, -0.15) is 11.8 Å². The molecule has 3 heteroatoms.